The number of aromatic nitrogens is 2. The summed E-state index contributed by atoms with van der Waals surface area (Å²) in [5.41, 5.74) is 28.2. The van der Waals surface area contributed by atoms with Crippen molar-refractivity contribution in [2.45, 2.75) is 26.2 Å². The van der Waals surface area contributed by atoms with Gasteiger partial charge < -0.3 is 18.9 Å². The first kappa shape index (κ1) is 57.6. The molecule has 0 amide bonds. The van der Waals surface area contributed by atoms with E-state index in [-0.39, 0.29) is 0 Å². The molecule has 17 rings (SSSR count). The van der Waals surface area contributed by atoms with E-state index in [4.69, 9.17) is 0 Å². The van der Waals surface area contributed by atoms with Gasteiger partial charge in [-0.2, -0.15) is 0 Å². The summed E-state index contributed by atoms with van der Waals surface area (Å²) in [6, 6.07) is 109. The second kappa shape index (κ2) is 23.4. The van der Waals surface area contributed by atoms with Gasteiger partial charge in [0.15, 0.2) is 0 Å². The Labute approximate surface area is 560 Å². The van der Waals surface area contributed by atoms with Crippen LogP contribution in [0.25, 0.3) is 99.2 Å². The van der Waals surface area contributed by atoms with Crippen LogP contribution < -0.4 is 9.80 Å². The molecule has 1 spiro atoms. The zero-order valence-electron chi connectivity index (χ0n) is 54.0. The summed E-state index contributed by atoms with van der Waals surface area (Å²) in [6.07, 6.45) is 14.6. The van der Waals surface area contributed by atoms with Gasteiger partial charge in [-0.3, -0.25) is 0 Å². The lowest BCUT2D eigenvalue weighted by atomic mass is 9.69. The second-order valence-corrected chi connectivity index (χ2v) is 25.3. The van der Waals surface area contributed by atoms with Crippen molar-refractivity contribution < 1.29 is 0 Å². The monoisotopic (exact) mass is 1230 g/mol. The Bertz CT molecular complexity index is 5650. The molecule has 13 aromatic carbocycles. The van der Waals surface area contributed by atoms with Crippen LogP contribution in [0.1, 0.15) is 54.2 Å². The van der Waals surface area contributed by atoms with Crippen molar-refractivity contribution >= 4 is 99.7 Å². The summed E-state index contributed by atoms with van der Waals surface area (Å²) >= 11 is 0. The third kappa shape index (κ3) is 9.12. The molecule has 0 bridgehead atoms. The van der Waals surface area contributed by atoms with Crippen molar-refractivity contribution in [1.82, 2.24) is 9.13 Å². The minimum absolute atomic E-state index is 0.679. The number of para-hydroxylation sites is 4. The highest BCUT2D eigenvalue weighted by Crippen LogP contribution is 2.65. The van der Waals surface area contributed by atoms with E-state index in [1.165, 1.54) is 93.5 Å². The van der Waals surface area contributed by atoms with Crippen LogP contribution in [-0.4, -0.2) is 9.13 Å². The van der Waals surface area contributed by atoms with Crippen LogP contribution >= 0.6 is 0 Å². The maximum Gasteiger partial charge on any atom is 0.0732 e. The van der Waals surface area contributed by atoms with Gasteiger partial charge in [0.05, 0.1) is 27.5 Å². The first-order valence-corrected chi connectivity index (χ1v) is 33.2. The van der Waals surface area contributed by atoms with Gasteiger partial charge in [-0.25, -0.2) is 0 Å². The van der Waals surface area contributed by atoms with E-state index >= 15 is 0 Å². The summed E-state index contributed by atoms with van der Waals surface area (Å²) in [6.45, 7) is 14.4. The van der Waals surface area contributed by atoms with Gasteiger partial charge in [0, 0.05) is 67.0 Å². The molecule has 0 atom stereocenters. The van der Waals surface area contributed by atoms with Crippen LogP contribution in [0, 0.1) is 0 Å². The van der Waals surface area contributed by atoms with E-state index in [2.05, 4.69) is 374 Å². The van der Waals surface area contributed by atoms with Crippen molar-refractivity contribution in [2.24, 2.45) is 0 Å². The van der Waals surface area contributed by atoms with Gasteiger partial charge in [-0.1, -0.05) is 243 Å². The lowest BCUT2D eigenvalue weighted by Gasteiger charge is -2.33. The van der Waals surface area contributed by atoms with Gasteiger partial charge >= 0.3 is 0 Å². The maximum atomic E-state index is 4.16. The van der Waals surface area contributed by atoms with Crippen LogP contribution in [0.15, 0.2) is 352 Å². The molecule has 4 nitrogen and oxygen atoms in total. The number of fused-ring (bicyclic) bond motifs is 18. The molecule has 15 aromatic rings. The number of allylic oxidation sites excluding steroid dienone is 10. The lowest BCUT2D eigenvalue weighted by Crippen LogP contribution is -2.26. The van der Waals surface area contributed by atoms with Gasteiger partial charge in [0.25, 0.3) is 0 Å². The Morgan fingerprint density at radius 3 is 1.30 bits per heavy atom. The van der Waals surface area contributed by atoms with Crippen molar-refractivity contribution in [2.75, 3.05) is 9.80 Å². The summed E-state index contributed by atoms with van der Waals surface area (Å²) in [4.78, 5) is 4.88. The molecule has 0 N–H and O–H groups in total. The number of nitrogens with zero attached hydrogens (tertiary/aromatic N) is 4. The Hall–Kier alpha value is -12.2. The molecule has 2 aromatic heterocycles. The Kier molecular flexibility index (Phi) is 14.1. The highest BCUT2D eigenvalue weighted by Gasteiger charge is 2.52. The summed E-state index contributed by atoms with van der Waals surface area (Å²) < 4.78 is 4.83. The van der Waals surface area contributed by atoms with Crippen LogP contribution in [-0.2, 0) is 5.41 Å². The molecule has 2 aliphatic carbocycles. The fourth-order valence-electron chi connectivity index (χ4n) is 15.8. The average Bonchev–Trinajstić information content (AvgIpc) is 1.50. The first-order chi connectivity index (χ1) is 47.3. The molecule has 0 fully saturated rings. The van der Waals surface area contributed by atoms with E-state index in [9.17, 15) is 0 Å². The highest BCUT2D eigenvalue weighted by atomic mass is 15.2. The van der Waals surface area contributed by atoms with Crippen LogP contribution in [0.2, 0.25) is 0 Å². The summed E-state index contributed by atoms with van der Waals surface area (Å²) in [7, 11) is 0. The molecule has 0 unspecified atom stereocenters. The standard InChI is InChI=1S/C92H68N4/c1-6-23-63(24-7-2)65-45-50-67(51-46-65)93(69-25-21-27-71(58-69)95-87-37-17-11-31-79(87)80-32-12-18-38-88(80)95)73-52-55-75-66(57-73)47-54-83-78-56-53-74(60-86(78)92(91(75)83)84-35-15-9-29-76(84)77-30-10-16-36-85(77)92)94(68-48-43-64(44-49-68)62(8-3)42-41-61(4)5)70-26-22-28-72(59-70)96-89-39-19-13-33-81(89)82-34-14-20-40-90(82)96/h6-60H,1,4H2,2-3,5H3. The molecule has 96 heavy (non-hydrogen) atoms. The van der Waals surface area contributed by atoms with Gasteiger partial charge in [-0.15, -0.1) is 0 Å². The van der Waals surface area contributed by atoms with Gasteiger partial charge in [0.1, 0.15) is 0 Å². The van der Waals surface area contributed by atoms with Gasteiger partial charge in [-0.05, 0) is 208 Å². The predicted molar refractivity (Wildman–Crippen MR) is 409 cm³/mol. The normalized spacial score (nSPS) is 13.2. The molecule has 0 radical (unpaired) electrons. The van der Waals surface area contributed by atoms with Crippen LogP contribution in [0.3, 0.4) is 0 Å². The number of rotatable bonds is 14. The summed E-state index contributed by atoms with van der Waals surface area (Å²) in [5, 5.41) is 7.30. The van der Waals surface area contributed by atoms with Gasteiger partial charge in [0.2, 0.25) is 0 Å². The number of hydrogen-bond acceptors (Lipinski definition) is 2. The van der Waals surface area contributed by atoms with Crippen molar-refractivity contribution in [3.63, 3.8) is 0 Å². The maximum absolute atomic E-state index is 4.16. The minimum Gasteiger partial charge on any atom is -0.310 e. The molecular weight excluding hydrogens is 1160 g/mol. The number of benzene rings is 13. The fraction of sp³-hybridized carbons (Fsp3) is 0.0435. The molecular formula is C92H68N4. The highest BCUT2D eigenvalue weighted by molar-refractivity contribution is 6.11. The Morgan fingerprint density at radius 2 is 0.802 bits per heavy atom. The second-order valence-electron chi connectivity index (χ2n) is 25.3. The molecule has 0 saturated heterocycles. The summed E-state index contributed by atoms with van der Waals surface area (Å²) in [5.74, 6) is 0. The van der Waals surface area contributed by atoms with Crippen molar-refractivity contribution in [3.8, 4) is 33.6 Å². The van der Waals surface area contributed by atoms with Crippen LogP contribution in [0.5, 0.6) is 0 Å². The molecule has 0 saturated carbocycles. The first-order valence-electron chi connectivity index (χ1n) is 33.2. The largest absolute Gasteiger partial charge is 0.310 e. The Balaban J connectivity index is 0.862. The molecule has 0 aliphatic heterocycles. The van der Waals surface area contributed by atoms with Crippen LogP contribution in [0.4, 0.5) is 34.1 Å². The smallest absolute Gasteiger partial charge is 0.0732 e. The zero-order valence-corrected chi connectivity index (χ0v) is 54.0. The fourth-order valence-corrected chi connectivity index (χ4v) is 15.8. The van der Waals surface area contributed by atoms with E-state index in [0.717, 1.165) is 78.7 Å². The topological polar surface area (TPSA) is 16.3 Å². The van der Waals surface area contributed by atoms with Crippen molar-refractivity contribution in [3.05, 3.63) is 386 Å². The SMILES string of the molecule is C=CC=C(C=CC)c1ccc(N(c2cccc(-n3c4ccccc4c4ccccc43)c2)c2ccc3c4c(ccc3c2)-c2ccc(N(c3ccc(C(C=CC(=C)C)=CC)cc3)c3cccc(-n5c6ccccc6c6ccccc65)c3)cc2C42c3ccccc3-c3ccccc32)cc1. The zero-order chi connectivity index (χ0) is 64.6. The molecule has 456 valence electrons. The third-order valence-corrected chi connectivity index (χ3v) is 19.8. The minimum atomic E-state index is -0.679. The number of anilines is 6. The number of hydrogen-bond donors (Lipinski definition) is 0. The molecule has 2 heterocycles. The Morgan fingerprint density at radius 1 is 0.365 bits per heavy atom. The van der Waals surface area contributed by atoms with E-state index in [0.29, 0.717) is 0 Å². The van der Waals surface area contributed by atoms with E-state index < -0.39 is 5.41 Å². The third-order valence-electron chi connectivity index (χ3n) is 19.8. The average molecular weight is 1230 g/mol. The predicted octanol–water partition coefficient (Wildman–Crippen LogP) is 25.0. The van der Waals surface area contributed by atoms with E-state index in [1.807, 2.05) is 13.0 Å². The van der Waals surface area contributed by atoms with Crippen molar-refractivity contribution in [1.29, 1.82) is 0 Å². The molecule has 2 aliphatic rings. The lowest BCUT2D eigenvalue weighted by molar-refractivity contribution is 0.801. The van der Waals surface area contributed by atoms with E-state index in [1.54, 1.807) is 0 Å². The quantitative estimate of drug-likeness (QED) is 0.101. The molecule has 4 heteroatoms.